The van der Waals surface area contributed by atoms with Crippen molar-refractivity contribution < 1.29 is 17.6 Å². The predicted octanol–water partition coefficient (Wildman–Crippen LogP) is 10.4. The third-order valence-corrected chi connectivity index (χ3v) is 16.2. The zero-order valence-electron chi connectivity index (χ0n) is 46.3. The minimum atomic E-state index is -0.541. The molecule has 0 unspecified atom stereocenters. The number of imidazole rings is 2. The lowest BCUT2D eigenvalue weighted by molar-refractivity contribution is 0.256. The molecule has 8 aromatic rings. The number of pyridine rings is 2. The number of hydrogen-bond acceptors (Lipinski definition) is 13. The molecule has 15 nitrogen and oxygen atoms in total. The number of nitrogens with two attached hydrogens (primary N) is 1. The average Bonchev–Trinajstić information content (AvgIpc) is 4.32. The molecule has 0 spiro atoms. The van der Waals surface area contributed by atoms with Crippen molar-refractivity contribution in [3.05, 3.63) is 136 Å². The van der Waals surface area contributed by atoms with Crippen LogP contribution in [0.25, 0.3) is 44.3 Å². The van der Waals surface area contributed by atoms with Crippen LogP contribution < -0.4 is 5.73 Å². The number of benzene rings is 2. The molecule has 416 valence electrons. The molecule has 10 heterocycles. The Morgan fingerprint density at radius 2 is 0.924 bits per heavy atom. The second-order valence-electron chi connectivity index (χ2n) is 22.3. The smallest absolute Gasteiger partial charge is 0.222 e. The van der Waals surface area contributed by atoms with E-state index in [1.807, 2.05) is 75.5 Å². The van der Waals surface area contributed by atoms with Crippen LogP contribution in [-0.4, -0.2) is 134 Å². The van der Waals surface area contributed by atoms with E-state index in [0.717, 1.165) is 85.4 Å². The zero-order chi connectivity index (χ0) is 55.8. The van der Waals surface area contributed by atoms with Gasteiger partial charge in [0.15, 0.2) is 11.6 Å². The predicted molar refractivity (Wildman–Crippen MR) is 301 cm³/mol. The van der Waals surface area contributed by atoms with Gasteiger partial charge in [-0.1, -0.05) is 13.8 Å². The Morgan fingerprint density at radius 3 is 1.35 bits per heavy atom. The van der Waals surface area contributed by atoms with E-state index in [4.69, 9.17) is 17.3 Å². The number of hydrogen-bond donors (Lipinski definition) is 1. The van der Waals surface area contributed by atoms with Gasteiger partial charge in [-0.15, -0.1) is 0 Å². The van der Waals surface area contributed by atoms with Gasteiger partial charge in [-0.3, -0.25) is 14.8 Å². The summed E-state index contributed by atoms with van der Waals surface area (Å²) in [4.78, 5) is 44.0. The van der Waals surface area contributed by atoms with E-state index in [9.17, 15) is 13.2 Å². The van der Waals surface area contributed by atoms with Crippen molar-refractivity contribution in [3.63, 3.8) is 0 Å². The van der Waals surface area contributed by atoms with Crippen LogP contribution in [0.1, 0.15) is 87.9 Å². The molecule has 0 radical (unpaired) electrons. The highest BCUT2D eigenvalue weighted by Gasteiger charge is 2.40. The summed E-state index contributed by atoms with van der Waals surface area (Å²) in [6.07, 6.45) is 10.0. The van der Waals surface area contributed by atoms with Gasteiger partial charge in [0.25, 0.3) is 0 Å². The molecular weight excluding hydrogens is 1030 g/mol. The van der Waals surface area contributed by atoms with Crippen molar-refractivity contribution in [2.75, 3.05) is 71.2 Å². The van der Waals surface area contributed by atoms with Crippen LogP contribution in [0.4, 0.5) is 23.4 Å². The van der Waals surface area contributed by atoms with Crippen molar-refractivity contribution in [2.24, 2.45) is 23.7 Å². The summed E-state index contributed by atoms with van der Waals surface area (Å²) >= 11 is 5.70. The van der Waals surface area contributed by atoms with Crippen LogP contribution >= 0.6 is 11.6 Å². The fraction of sp³-hybridized carbons (Fsp3) is 0.458. The van der Waals surface area contributed by atoms with Gasteiger partial charge in [-0.05, 0) is 137 Å². The first kappa shape index (κ1) is 55.8. The van der Waals surface area contributed by atoms with Gasteiger partial charge in [0.05, 0.1) is 29.8 Å². The normalized spacial score (nSPS) is 19.6. The van der Waals surface area contributed by atoms with Gasteiger partial charge in [0, 0.05) is 130 Å². The number of rotatable bonds is 12. The van der Waals surface area contributed by atoms with E-state index in [1.54, 1.807) is 18.2 Å². The van der Waals surface area contributed by atoms with E-state index in [0.29, 0.717) is 56.5 Å². The standard InChI is InChI=1S/C30H35F2N7.C16H16F2N4.C13H19ClN4/c1-5-37-14-22-16-38(17-23(22)15-37)13-20-10-34-29(35-11-20)9-24-8-25(27(32)12-33-24)21-6-26(31)30-28(7-21)39(18(2)3)19(4)36-30;1-8(2)22-9(3)21-16-12(17)4-10(5-14(16)22)11-6-15(19)20-7-13(11)18;1-2-17-6-11-8-18(9-12(11)7-17)5-10-3-15-13(14)16-4-10/h6-8,10-12,18,22-23H,5,9,13-17H2,1-4H3;4-8H,1-3H3,(H2,19,20);3-4,11-12H,2,5-9H2,1H3/t22-,23+;;11-,12+. The molecule has 6 aromatic heterocycles. The minimum Gasteiger partial charge on any atom is -0.384 e. The van der Waals surface area contributed by atoms with Gasteiger partial charge in [-0.2, -0.15) is 0 Å². The molecule has 4 aliphatic heterocycles. The van der Waals surface area contributed by atoms with Crippen LogP contribution in [0.3, 0.4) is 0 Å². The van der Waals surface area contributed by atoms with E-state index in [-0.39, 0.29) is 29.0 Å². The second kappa shape index (κ2) is 23.7. The number of halogens is 5. The fourth-order valence-electron chi connectivity index (χ4n) is 12.4. The van der Waals surface area contributed by atoms with E-state index in [2.05, 4.69) is 73.3 Å². The topological polar surface area (TPSA) is 152 Å². The van der Waals surface area contributed by atoms with Crippen molar-refractivity contribution in [1.29, 1.82) is 0 Å². The number of aromatic nitrogens is 10. The quantitative estimate of drug-likeness (QED) is 0.0913. The molecule has 4 atom stereocenters. The van der Waals surface area contributed by atoms with Gasteiger partial charge in [-0.25, -0.2) is 52.4 Å². The Labute approximate surface area is 464 Å². The molecule has 4 aliphatic rings. The van der Waals surface area contributed by atoms with Crippen molar-refractivity contribution in [1.82, 2.24) is 68.6 Å². The maximum atomic E-state index is 15.0. The largest absolute Gasteiger partial charge is 0.384 e. The highest BCUT2D eigenvalue weighted by atomic mass is 35.5. The molecule has 12 rings (SSSR count). The maximum Gasteiger partial charge on any atom is 0.222 e. The van der Waals surface area contributed by atoms with Crippen molar-refractivity contribution >= 4 is 39.5 Å². The number of anilines is 1. The number of aryl methyl sites for hydroxylation is 2. The van der Waals surface area contributed by atoms with Crippen LogP contribution in [-0.2, 0) is 19.5 Å². The molecule has 4 saturated heterocycles. The van der Waals surface area contributed by atoms with Crippen molar-refractivity contribution in [3.8, 4) is 22.3 Å². The first-order valence-corrected chi connectivity index (χ1v) is 27.9. The summed E-state index contributed by atoms with van der Waals surface area (Å²) in [6.45, 7) is 30.0. The van der Waals surface area contributed by atoms with Crippen LogP contribution in [0.5, 0.6) is 0 Å². The van der Waals surface area contributed by atoms with Gasteiger partial charge in [0.2, 0.25) is 5.28 Å². The van der Waals surface area contributed by atoms with Crippen LogP contribution in [0, 0.1) is 60.8 Å². The lowest BCUT2D eigenvalue weighted by Crippen LogP contribution is -2.28. The Balaban J connectivity index is 0.000000148. The zero-order valence-corrected chi connectivity index (χ0v) is 47.1. The third-order valence-electron chi connectivity index (χ3n) is 16.0. The number of nitrogen functional groups attached to an aromatic ring is 1. The molecular formula is C59H70ClF4N15. The Kier molecular flexibility index (Phi) is 16.7. The van der Waals surface area contributed by atoms with Gasteiger partial charge in [0.1, 0.15) is 46.0 Å². The summed E-state index contributed by atoms with van der Waals surface area (Å²) in [5.74, 6) is 3.52. The lowest BCUT2D eigenvalue weighted by Gasteiger charge is -2.20. The Hall–Kier alpha value is -6.51. The molecule has 0 bridgehead atoms. The van der Waals surface area contributed by atoms with Crippen LogP contribution in [0.15, 0.2) is 73.6 Å². The minimum absolute atomic E-state index is 0.0964. The van der Waals surface area contributed by atoms with Gasteiger partial charge < -0.3 is 24.7 Å². The first-order valence-electron chi connectivity index (χ1n) is 27.5. The molecule has 2 N–H and O–H groups in total. The average molecular weight is 1100 g/mol. The summed E-state index contributed by atoms with van der Waals surface area (Å²) in [7, 11) is 0. The number of fused-ring (bicyclic) bond motifs is 4. The third kappa shape index (κ3) is 12.3. The highest BCUT2D eigenvalue weighted by Crippen LogP contribution is 2.35. The molecule has 20 heteroatoms. The van der Waals surface area contributed by atoms with E-state index >= 15 is 4.39 Å². The lowest BCUT2D eigenvalue weighted by atomic mass is 10.0. The molecule has 79 heavy (non-hydrogen) atoms. The van der Waals surface area contributed by atoms with Crippen molar-refractivity contribution in [2.45, 2.75) is 87.0 Å². The summed E-state index contributed by atoms with van der Waals surface area (Å²) in [6, 6.07) is 9.44. The first-order chi connectivity index (χ1) is 37.9. The molecule has 2 aromatic carbocycles. The molecule has 4 fully saturated rings. The van der Waals surface area contributed by atoms with Gasteiger partial charge >= 0.3 is 0 Å². The Bertz CT molecular complexity index is 3410. The monoisotopic (exact) mass is 1100 g/mol. The summed E-state index contributed by atoms with van der Waals surface area (Å²) < 4.78 is 62.2. The number of likely N-dealkylation sites (tertiary alicyclic amines) is 4. The van der Waals surface area contributed by atoms with E-state index < -0.39 is 23.3 Å². The fourth-order valence-corrected chi connectivity index (χ4v) is 12.5. The number of nitrogens with zero attached hydrogens (tertiary/aromatic N) is 14. The summed E-state index contributed by atoms with van der Waals surface area (Å²) in [5.41, 5.74) is 11.8. The summed E-state index contributed by atoms with van der Waals surface area (Å²) in [5, 5.41) is 0.329. The second-order valence-corrected chi connectivity index (χ2v) is 22.7. The maximum absolute atomic E-state index is 15.0. The highest BCUT2D eigenvalue weighted by molar-refractivity contribution is 6.28. The molecule has 0 aliphatic carbocycles. The molecule has 0 saturated carbocycles. The van der Waals surface area contributed by atoms with E-state index in [1.165, 1.54) is 70.2 Å². The Morgan fingerprint density at radius 1 is 0.519 bits per heavy atom. The van der Waals surface area contributed by atoms with Crippen LogP contribution in [0.2, 0.25) is 5.28 Å². The molecule has 0 amide bonds. The SMILES string of the molecule is CCN1C[C@@H]2CN(Cc3cnc(Cc4cc(-c5cc(F)c6nc(C)n(C(C)C)c6c5)c(F)cn4)nc3)C[C@@H]2C1.CCN1C[C@@H]2CN(Cc3cnc(Cl)nc3)C[C@@H]2C1.Cc1nc2c(F)cc(-c3cc(N)ncc3F)cc2n1C(C)C.